The van der Waals surface area contributed by atoms with Crippen molar-refractivity contribution in [2.24, 2.45) is 5.92 Å². The molecule has 0 aromatic carbocycles. The maximum absolute atomic E-state index is 4.87. The Kier molecular flexibility index (Phi) is 3.88. The summed E-state index contributed by atoms with van der Waals surface area (Å²) < 4.78 is 0. The minimum Gasteiger partial charge on any atom is -0.305 e. The van der Waals surface area contributed by atoms with Crippen LogP contribution >= 0.6 is 11.3 Å². The Hall–Kier alpha value is -0.410. The van der Waals surface area contributed by atoms with Crippen molar-refractivity contribution in [3.8, 4) is 0 Å². The van der Waals surface area contributed by atoms with E-state index in [9.17, 15) is 0 Å². The molecule has 96 valence electrons. The summed E-state index contributed by atoms with van der Waals surface area (Å²) in [4.78, 5) is 6.27. The maximum atomic E-state index is 4.87. The van der Waals surface area contributed by atoms with E-state index in [0.717, 1.165) is 18.9 Å². The lowest BCUT2D eigenvalue weighted by Crippen LogP contribution is -2.42. The van der Waals surface area contributed by atoms with Gasteiger partial charge in [0.15, 0.2) is 0 Å². The molecule has 0 aliphatic heterocycles. The molecule has 1 aliphatic carbocycles. The Morgan fingerprint density at radius 1 is 1.41 bits per heavy atom. The van der Waals surface area contributed by atoms with Crippen molar-refractivity contribution >= 4 is 11.3 Å². The molecule has 0 saturated heterocycles. The number of hydrogen-bond donors (Lipinski definition) is 1. The minimum atomic E-state index is 0.124. The van der Waals surface area contributed by atoms with Crippen LogP contribution in [0.5, 0.6) is 0 Å². The lowest BCUT2D eigenvalue weighted by atomic mass is 9.96. The van der Waals surface area contributed by atoms with Crippen LogP contribution in [0.1, 0.15) is 55.6 Å². The third kappa shape index (κ3) is 2.55. The average Bonchev–Trinajstić information content (AvgIpc) is 3.10. The molecular formula is C14H24N2S. The first-order valence-electron chi connectivity index (χ1n) is 6.83. The minimum absolute atomic E-state index is 0.124. The van der Waals surface area contributed by atoms with Crippen molar-refractivity contribution in [3.05, 3.63) is 15.6 Å². The second-order valence-corrected chi connectivity index (χ2v) is 6.48. The van der Waals surface area contributed by atoms with Crippen molar-refractivity contribution in [1.82, 2.24) is 10.3 Å². The Morgan fingerprint density at radius 3 is 2.59 bits per heavy atom. The molecule has 0 spiro atoms. The monoisotopic (exact) mass is 252 g/mol. The summed E-state index contributed by atoms with van der Waals surface area (Å²) in [6.07, 6.45) is 4.95. The normalized spacial score (nSPS) is 19.3. The molecule has 1 atom stereocenters. The van der Waals surface area contributed by atoms with Crippen LogP contribution in [0.15, 0.2) is 0 Å². The largest absolute Gasteiger partial charge is 0.305 e. The molecule has 3 heteroatoms. The highest BCUT2D eigenvalue weighted by molar-refractivity contribution is 7.11. The Morgan fingerprint density at radius 2 is 2.12 bits per heavy atom. The summed E-state index contributed by atoms with van der Waals surface area (Å²) in [5.41, 5.74) is 1.41. The van der Waals surface area contributed by atoms with Crippen LogP contribution < -0.4 is 5.32 Å². The standard InChI is InChI=1S/C14H24N2S/c1-5-9-15-14(4,11-7-8-11)13-16-12(6-2)10(3)17-13/h11,15H,5-9H2,1-4H3. The lowest BCUT2D eigenvalue weighted by molar-refractivity contribution is 0.317. The molecule has 17 heavy (non-hydrogen) atoms. The van der Waals surface area contributed by atoms with Gasteiger partial charge < -0.3 is 5.32 Å². The summed E-state index contributed by atoms with van der Waals surface area (Å²) in [5.74, 6) is 0.796. The zero-order valence-corrected chi connectivity index (χ0v) is 12.3. The van der Waals surface area contributed by atoms with E-state index in [0.29, 0.717) is 0 Å². The lowest BCUT2D eigenvalue weighted by Gasteiger charge is -2.29. The van der Waals surface area contributed by atoms with E-state index in [1.54, 1.807) is 0 Å². The van der Waals surface area contributed by atoms with Gasteiger partial charge in [0.1, 0.15) is 5.01 Å². The number of nitrogens with zero attached hydrogens (tertiary/aromatic N) is 1. The highest BCUT2D eigenvalue weighted by Gasteiger charge is 2.44. The molecule has 1 aliphatic rings. The van der Waals surface area contributed by atoms with Gasteiger partial charge in [0.05, 0.1) is 11.2 Å². The third-order valence-electron chi connectivity index (χ3n) is 3.81. The molecule has 2 nitrogen and oxygen atoms in total. The Balaban J connectivity index is 2.24. The zero-order chi connectivity index (χ0) is 12.5. The van der Waals surface area contributed by atoms with Crippen molar-refractivity contribution in [1.29, 1.82) is 0 Å². The topological polar surface area (TPSA) is 24.9 Å². The van der Waals surface area contributed by atoms with Gasteiger partial charge >= 0.3 is 0 Å². The highest BCUT2D eigenvalue weighted by Crippen LogP contribution is 2.46. The molecule has 1 N–H and O–H groups in total. The molecule has 2 rings (SSSR count). The van der Waals surface area contributed by atoms with Gasteiger partial charge in [0, 0.05) is 4.88 Å². The van der Waals surface area contributed by atoms with Crippen molar-refractivity contribution in [2.75, 3.05) is 6.54 Å². The molecule has 1 heterocycles. The molecule has 1 aromatic heterocycles. The third-order valence-corrected chi connectivity index (χ3v) is 5.06. The molecular weight excluding hydrogens is 228 g/mol. The van der Waals surface area contributed by atoms with E-state index < -0.39 is 0 Å². The van der Waals surface area contributed by atoms with Gasteiger partial charge in [-0.2, -0.15) is 0 Å². The van der Waals surface area contributed by atoms with Crippen molar-refractivity contribution < 1.29 is 0 Å². The van der Waals surface area contributed by atoms with Gasteiger partial charge in [0.25, 0.3) is 0 Å². The summed E-state index contributed by atoms with van der Waals surface area (Å²) in [7, 11) is 0. The van der Waals surface area contributed by atoms with Crippen LogP contribution in [0, 0.1) is 12.8 Å². The van der Waals surface area contributed by atoms with E-state index >= 15 is 0 Å². The molecule has 0 radical (unpaired) electrons. The van der Waals surface area contributed by atoms with Crippen molar-refractivity contribution in [2.45, 2.75) is 58.9 Å². The van der Waals surface area contributed by atoms with Gasteiger partial charge in [-0.15, -0.1) is 11.3 Å². The fraction of sp³-hybridized carbons (Fsp3) is 0.786. The number of nitrogens with one attached hydrogen (secondary N) is 1. The van der Waals surface area contributed by atoms with E-state index in [2.05, 4.69) is 33.0 Å². The molecule has 1 unspecified atom stereocenters. The van der Waals surface area contributed by atoms with Gasteiger partial charge in [-0.1, -0.05) is 13.8 Å². The van der Waals surface area contributed by atoms with Gasteiger partial charge in [-0.3, -0.25) is 0 Å². The molecule has 0 bridgehead atoms. The fourth-order valence-corrected chi connectivity index (χ4v) is 3.62. The van der Waals surface area contributed by atoms with E-state index in [-0.39, 0.29) is 5.54 Å². The highest BCUT2D eigenvalue weighted by atomic mass is 32.1. The number of thiazole rings is 1. The number of aryl methyl sites for hydroxylation is 2. The summed E-state index contributed by atoms with van der Waals surface area (Å²) >= 11 is 1.89. The van der Waals surface area contributed by atoms with E-state index in [1.165, 1.54) is 34.8 Å². The molecule has 1 saturated carbocycles. The Bertz CT molecular complexity index is 382. The van der Waals surface area contributed by atoms with Crippen LogP contribution in [0.25, 0.3) is 0 Å². The quantitative estimate of drug-likeness (QED) is 0.836. The van der Waals surface area contributed by atoms with Gasteiger partial charge in [-0.25, -0.2) is 4.98 Å². The van der Waals surface area contributed by atoms with Gasteiger partial charge in [0.2, 0.25) is 0 Å². The first kappa shape index (κ1) is 13.0. The predicted octanol–water partition coefficient (Wildman–Crippen LogP) is 3.64. The first-order chi connectivity index (χ1) is 8.11. The second-order valence-electron chi connectivity index (χ2n) is 5.28. The van der Waals surface area contributed by atoms with Crippen LogP contribution in [-0.2, 0) is 12.0 Å². The average molecular weight is 252 g/mol. The fourth-order valence-electron chi connectivity index (χ4n) is 2.42. The SMILES string of the molecule is CCCNC(C)(c1nc(CC)c(C)s1)C1CC1. The number of hydrogen-bond acceptors (Lipinski definition) is 3. The second kappa shape index (κ2) is 5.07. The molecule has 1 fully saturated rings. The number of rotatable bonds is 6. The summed E-state index contributed by atoms with van der Waals surface area (Å²) in [6.45, 7) is 10.1. The zero-order valence-electron chi connectivity index (χ0n) is 11.5. The van der Waals surface area contributed by atoms with Crippen LogP contribution in [0.4, 0.5) is 0 Å². The molecule has 0 amide bonds. The number of aromatic nitrogens is 1. The van der Waals surface area contributed by atoms with Gasteiger partial charge in [-0.05, 0) is 52.0 Å². The predicted molar refractivity (Wildman–Crippen MR) is 74.6 cm³/mol. The van der Waals surface area contributed by atoms with E-state index in [4.69, 9.17) is 4.98 Å². The van der Waals surface area contributed by atoms with Crippen molar-refractivity contribution in [3.63, 3.8) is 0 Å². The smallest absolute Gasteiger partial charge is 0.113 e. The summed E-state index contributed by atoms with van der Waals surface area (Å²) in [5, 5.41) is 5.04. The van der Waals surface area contributed by atoms with Crippen LogP contribution in [-0.4, -0.2) is 11.5 Å². The van der Waals surface area contributed by atoms with E-state index in [1.807, 2.05) is 11.3 Å². The van der Waals surface area contributed by atoms with Crippen LogP contribution in [0.2, 0.25) is 0 Å². The first-order valence-corrected chi connectivity index (χ1v) is 7.65. The Labute approximate surface area is 109 Å². The van der Waals surface area contributed by atoms with Crippen LogP contribution in [0.3, 0.4) is 0 Å². The maximum Gasteiger partial charge on any atom is 0.113 e. The summed E-state index contributed by atoms with van der Waals surface area (Å²) in [6, 6.07) is 0. The molecule has 1 aromatic rings.